The highest BCUT2D eigenvalue weighted by Crippen LogP contribution is 2.07. The molecule has 0 saturated carbocycles. The van der Waals surface area contributed by atoms with Gasteiger partial charge in [0.05, 0.1) is 11.8 Å². The Labute approximate surface area is 85.2 Å². The zero-order valence-electron chi connectivity index (χ0n) is 8.77. The fraction of sp³-hybridized carbons (Fsp3) is 0.545. The van der Waals surface area contributed by atoms with E-state index in [2.05, 4.69) is 17.2 Å². The molecule has 0 bridgehead atoms. The van der Waals surface area contributed by atoms with Crippen LogP contribution in [0.25, 0.3) is 0 Å². The highest BCUT2D eigenvalue weighted by molar-refractivity contribution is 5.07. The number of rotatable bonds is 5. The second-order valence-corrected chi connectivity index (χ2v) is 3.57. The molecule has 0 radical (unpaired) electrons. The number of aliphatic hydroxyl groups excluding tert-OH is 1. The first kappa shape index (κ1) is 11.1. The van der Waals surface area contributed by atoms with E-state index in [-0.39, 0.29) is 12.1 Å². The Bertz CT molecular complexity index is 249. The van der Waals surface area contributed by atoms with Gasteiger partial charge in [0.25, 0.3) is 0 Å². The lowest BCUT2D eigenvalue weighted by Crippen LogP contribution is -2.23. The van der Waals surface area contributed by atoms with Gasteiger partial charge in [-0.15, -0.1) is 0 Å². The van der Waals surface area contributed by atoms with E-state index < -0.39 is 0 Å². The van der Waals surface area contributed by atoms with Crippen LogP contribution in [-0.4, -0.2) is 22.7 Å². The SMILES string of the molecule is C[C@H](O)CCN[C@H](C)c1ccccn1. The Balaban J connectivity index is 2.32. The van der Waals surface area contributed by atoms with Crippen LogP contribution in [0, 0.1) is 0 Å². The van der Waals surface area contributed by atoms with E-state index in [0.29, 0.717) is 0 Å². The standard InChI is InChI=1S/C11H18N2O/c1-9(14)6-8-12-10(2)11-5-3-4-7-13-11/h3-5,7,9-10,12,14H,6,8H2,1-2H3/t9-,10+/m0/s1. The summed E-state index contributed by atoms with van der Waals surface area (Å²) >= 11 is 0. The van der Waals surface area contributed by atoms with E-state index in [1.165, 1.54) is 0 Å². The Morgan fingerprint density at radius 2 is 2.21 bits per heavy atom. The van der Waals surface area contributed by atoms with Crippen LogP contribution < -0.4 is 5.32 Å². The van der Waals surface area contributed by atoms with Gasteiger partial charge in [0.15, 0.2) is 0 Å². The molecule has 0 aliphatic rings. The van der Waals surface area contributed by atoms with Gasteiger partial charge < -0.3 is 10.4 Å². The monoisotopic (exact) mass is 194 g/mol. The molecule has 1 aromatic rings. The second-order valence-electron chi connectivity index (χ2n) is 3.57. The molecule has 0 saturated heterocycles. The highest BCUT2D eigenvalue weighted by Gasteiger charge is 2.04. The number of nitrogens with zero attached hydrogens (tertiary/aromatic N) is 1. The predicted molar refractivity (Wildman–Crippen MR) is 57.0 cm³/mol. The van der Waals surface area contributed by atoms with Crippen LogP contribution in [0.1, 0.15) is 32.0 Å². The van der Waals surface area contributed by atoms with Crippen molar-refractivity contribution in [3.05, 3.63) is 30.1 Å². The molecule has 2 atom stereocenters. The number of hydrogen-bond acceptors (Lipinski definition) is 3. The van der Waals surface area contributed by atoms with Gasteiger partial charge in [-0.25, -0.2) is 0 Å². The molecule has 78 valence electrons. The zero-order valence-corrected chi connectivity index (χ0v) is 8.77. The minimum absolute atomic E-state index is 0.238. The maximum Gasteiger partial charge on any atom is 0.0570 e. The van der Waals surface area contributed by atoms with Crippen LogP contribution in [-0.2, 0) is 0 Å². The zero-order chi connectivity index (χ0) is 10.4. The van der Waals surface area contributed by atoms with Crippen LogP contribution in [0.2, 0.25) is 0 Å². The van der Waals surface area contributed by atoms with Crippen LogP contribution >= 0.6 is 0 Å². The van der Waals surface area contributed by atoms with Gasteiger partial charge in [-0.1, -0.05) is 6.07 Å². The molecule has 14 heavy (non-hydrogen) atoms. The van der Waals surface area contributed by atoms with Crippen molar-refractivity contribution in [3.63, 3.8) is 0 Å². The number of hydrogen-bond donors (Lipinski definition) is 2. The van der Waals surface area contributed by atoms with Crippen LogP contribution in [0.4, 0.5) is 0 Å². The molecule has 0 unspecified atom stereocenters. The molecule has 0 spiro atoms. The molecule has 0 aromatic carbocycles. The summed E-state index contributed by atoms with van der Waals surface area (Å²) in [7, 11) is 0. The smallest absolute Gasteiger partial charge is 0.0570 e. The van der Waals surface area contributed by atoms with E-state index in [1.807, 2.05) is 18.2 Å². The summed E-state index contributed by atoms with van der Waals surface area (Å²) in [6, 6.07) is 6.14. The molecule has 0 aliphatic carbocycles. The van der Waals surface area contributed by atoms with Crippen molar-refractivity contribution in [2.24, 2.45) is 0 Å². The maximum atomic E-state index is 9.08. The van der Waals surface area contributed by atoms with Crippen molar-refractivity contribution in [2.45, 2.75) is 32.4 Å². The topological polar surface area (TPSA) is 45.1 Å². The van der Waals surface area contributed by atoms with E-state index in [4.69, 9.17) is 5.11 Å². The van der Waals surface area contributed by atoms with Crippen molar-refractivity contribution >= 4 is 0 Å². The predicted octanol–water partition coefficient (Wildman–Crippen LogP) is 1.50. The molecule has 1 rings (SSSR count). The molecule has 1 heterocycles. The van der Waals surface area contributed by atoms with Gasteiger partial charge in [-0.2, -0.15) is 0 Å². The highest BCUT2D eigenvalue weighted by atomic mass is 16.3. The Morgan fingerprint density at radius 1 is 1.43 bits per heavy atom. The minimum atomic E-state index is -0.238. The number of pyridine rings is 1. The Morgan fingerprint density at radius 3 is 2.79 bits per heavy atom. The Kier molecular flexibility index (Phi) is 4.56. The van der Waals surface area contributed by atoms with Gasteiger partial charge in [0, 0.05) is 12.2 Å². The van der Waals surface area contributed by atoms with Crippen molar-refractivity contribution < 1.29 is 5.11 Å². The summed E-state index contributed by atoms with van der Waals surface area (Å²) in [6.45, 7) is 4.69. The summed E-state index contributed by atoms with van der Waals surface area (Å²) < 4.78 is 0. The molecule has 3 heteroatoms. The third kappa shape index (κ3) is 3.85. The summed E-state index contributed by atoms with van der Waals surface area (Å²) in [5, 5.41) is 12.4. The van der Waals surface area contributed by atoms with E-state index in [0.717, 1.165) is 18.7 Å². The van der Waals surface area contributed by atoms with Gasteiger partial charge in [0.2, 0.25) is 0 Å². The molecule has 3 nitrogen and oxygen atoms in total. The number of aliphatic hydroxyl groups is 1. The van der Waals surface area contributed by atoms with Crippen molar-refractivity contribution in [1.29, 1.82) is 0 Å². The first-order chi connectivity index (χ1) is 6.70. The molecule has 0 amide bonds. The average Bonchev–Trinajstić information content (AvgIpc) is 2.18. The molecular formula is C11H18N2O. The van der Waals surface area contributed by atoms with Gasteiger partial charge in [-0.05, 0) is 38.9 Å². The normalized spacial score (nSPS) is 15.1. The number of aromatic nitrogens is 1. The summed E-state index contributed by atoms with van der Waals surface area (Å²) in [6.07, 6.45) is 2.33. The van der Waals surface area contributed by atoms with Crippen molar-refractivity contribution in [2.75, 3.05) is 6.54 Å². The first-order valence-corrected chi connectivity index (χ1v) is 5.02. The molecule has 0 aliphatic heterocycles. The van der Waals surface area contributed by atoms with E-state index in [1.54, 1.807) is 13.1 Å². The average molecular weight is 194 g/mol. The number of nitrogens with one attached hydrogen (secondary N) is 1. The van der Waals surface area contributed by atoms with Crippen LogP contribution in [0.15, 0.2) is 24.4 Å². The molecular weight excluding hydrogens is 176 g/mol. The summed E-state index contributed by atoms with van der Waals surface area (Å²) in [4.78, 5) is 4.25. The first-order valence-electron chi connectivity index (χ1n) is 5.02. The lowest BCUT2D eigenvalue weighted by atomic mass is 10.2. The quantitative estimate of drug-likeness (QED) is 0.746. The third-order valence-electron chi connectivity index (χ3n) is 2.14. The fourth-order valence-electron chi connectivity index (χ4n) is 1.25. The van der Waals surface area contributed by atoms with E-state index in [9.17, 15) is 0 Å². The second kappa shape index (κ2) is 5.73. The third-order valence-corrected chi connectivity index (χ3v) is 2.14. The lowest BCUT2D eigenvalue weighted by Gasteiger charge is -2.13. The molecule has 2 N–H and O–H groups in total. The van der Waals surface area contributed by atoms with Crippen molar-refractivity contribution in [3.8, 4) is 0 Å². The largest absolute Gasteiger partial charge is 0.393 e. The minimum Gasteiger partial charge on any atom is -0.393 e. The van der Waals surface area contributed by atoms with Crippen LogP contribution in [0.5, 0.6) is 0 Å². The lowest BCUT2D eigenvalue weighted by molar-refractivity contribution is 0.182. The summed E-state index contributed by atoms with van der Waals surface area (Å²) in [5.41, 5.74) is 1.04. The van der Waals surface area contributed by atoms with Gasteiger partial charge in [-0.3, -0.25) is 4.98 Å². The maximum absolute atomic E-state index is 9.08. The van der Waals surface area contributed by atoms with E-state index >= 15 is 0 Å². The fourth-order valence-corrected chi connectivity index (χ4v) is 1.25. The summed E-state index contributed by atoms with van der Waals surface area (Å²) in [5.74, 6) is 0. The molecule has 1 aromatic heterocycles. The Hall–Kier alpha value is -0.930. The van der Waals surface area contributed by atoms with Crippen LogP contribution in [0.3, 0.4) is 0 Å². The van der Waals surface area contributed by atoms with Gasteiger partial charge in [0.1, 0.15) is 0 Å². The molecule has 0 fully saturated rings. The van der Waals surface area contributed by atoms with Gasteiger partial charge >= 0.3 is 0 Å². The van der Waals surface area contributed by atoms with Crippen molar-refractivity contribution in [1.82, 2.24) is 10.3 Å².